The molecular weight excluding hydrogens is 214 g/mol. The number of nitrogens with one attached hydrogen (secondary N) is 1. The summed E-state index contributed by atoms with van der Waals surface area (Å²) in [7, 11) is 0. The molecule has 0 aliphatic rings. The fraction of sp³-hybridized carbons (Fsp3) is 0. The number of aromatic amines is 1. The van der Waals surface area contributed by atoms with Gasteiger partial charge in [0.2, 0.25) is 0 Å². The first-order valence-electron chi connectivity index (χ1n) is 5.25. The van der Waals surface area contributed by atoms with Crippen LogP contribution in [0.1, 0.15) is 0 Å². The van der Waals surface area contributed by atoms with Crippen LogP contribution in [0.15, 0.2) is 53.8 Å². The average molecular weight is 223 g/mol. The standard InChI is InChI=1S/C13H9N3O/c17-16-12-10-7-4-8-14-13(10)15-11(12)9-5-2-1-3-6-9/h1-8H,(H,14,15). The van der Waals surface area contributed by atoms with E-state index in [1.807, 2.05) is 36.4 Å². The van der Waals surface area contributed by atoms with E-state index in [0.29, 0.717) is 17.0 Å². The van der Waals surface area contributed by atoms with Gasteiger partial charge in [-0.2, -0.15) is 0 Å². The number of fused-ring (bicyclic) bond motifs is 1. The lowest BCUT2D eigenvalue weighted by atomic mass is 10.1. The van der Waals surface area contributed by atoms with Crippen molar-refractivity contribution in [3.63, 3.8) is 0 Å². The molecule has 82 valence electrons. The number of benzene rings is 1. The van der Waals surface area contributed by atoms with Crippen molar-refractivity contribution in [3.8, 4) is 11.3 Å². The summed E-state index contributed by atoms with van der Waals surface area (Å²) in [4.78, 5) is 18.3. The fourth-order valence-electron chi connectivity index (χ4n) is 1.92. The van der Waals surface area contributed by atoms with E-state index in [1.54, 1.807) is 12.3 Å². The predicted molar refractivity (Wildman–Crippen MR) is 67.0 cm³/mol. The molecule has 0 atom stereocenters. The number of pyridine rings is 1. The minimum absolute atomic E-state index is 0.416. The van der Waals surface area contributed by atoms with Gasteiger partial charge in [-0.3, -0.25) is 0 Å². The highest BCUT2D eigenvalue weighted by atomic mass is 16.3. The van der Waals surface area contributed by atoms with E-state index in [4.69, 9.17) is 0 Å². The maximum atomic E-state index is 11.0. The molecule has 0 unspecified atom stereocenters. The van der Waals surface area contributed by atoms with E-state index in [-0.39, 0.29) is 0 Å². The molecule has 4 nitrogen and oxygen atoms in total. The highest BCUT2D eigenvalue weighted by Gasteiger charge is 2.13. The zero-order valence-corrected chi connectivity index (χ0v) is 8.92. The average Bonchev–Trinajstić information content (AvgIpc) is 2.78. The lowest BCUT2D eigenvalue weighted by Gasteiger charge is -1.97. The van der Waals surface area contributed by atoms with Gasteiger partial charge in [-0.15, -0.1) is 4.91 Å². The third kappa shape index (κ3) is 1.50. The van der Waals surface area contributed by atoms with Gasteiger partial charge in [0.25, 0.3) is 0 Å². The van der Waals surface area contributed by atoms with Gasteiger partial charge in [-0.25, -0.2) is 4.98 Å². The van der Waals surface area contributed by atoms with Crippen LogP contribution in [0.5, 0.6) is 0 Å². The zero-order chi connectivity index (χ0) is 11.7. The van der Waals surface area contributed by atoms with Crippen molar-refractivity contribution in [2.45, 2.75) is 0 Å². The van der Waals surface area contributed by atoms with Gasteiger partial charge in [0.05, 0.1) is 5.69 Å². The number of H-pyrrole nitrogens is 1. The van der Waals surface area contributed by atoms with Gasteiger partial charge in [0.15, 0.2) is 0 Å². The van der Waals surface area contributed by atoms with Crippen molar-refractivity contribution in [3.05, 3.63) is 53.6 Å². The van der Waals surface area contributed by atoms with Gasteiger partial charge in [-0.05, 0) is 17.3 Å². The summed E-state index contributed by atoms with van der Waals surface area (Å²) in [6, 6.07) is 13.3. The Bertz CT molecular complexity index is 673. The molecule has 0 saturated carbocycles. The minimum Gasteiger partial charge on any atom is -0.337 e. The first kappa shape index (κ1) is 9.72. The molecule has 3 rings (SSSR count). The highest BCUT2D eigenvalue weighted by Crippen LogP contribution is 2.35. The second-order valence-electron chi connectivity index (χ2n) is 3.71. The van der Waals surface area contributed by atoms with Crippen molar-refractivity contribution in [2.24, 2.45) is 5.18 Å². The number of hydrogen-bond donors (Lipinski definition) is 1. The van der Waals surface area contributed by atoms with Gasteiger partial charge in [0, 0.05) is 17.1 Å². The van der Waals surface area contributed by atoms with Gasteiger partial charge < -0.3 is 4.98 Å². The van der Waals surface area contributed by atoms with Crippen LogP contribution in [-0.2, 0) is 0 Å². The maximum Gasteiger partial charge on any atom is 0.143 e. The van der Waals surface area contributed by atoms with E-state index in [9.17, 15) is 4.91 Å². The molecule has 0 amide bonds. The zero-order valence-electron chi connectivity index (χ0n) is 8.92. The molecule has 0 aliphatic carbocycles. The Morgan fingerprint density at radius 1 is 1.06 bits per heavy atom. The first-order chi connectivity index (χ1) is 8.40. The Labute approximate surface area is 97.3 Å². The van der Waals surface area contributed by atoms with Crippen molar-refractivity contribution in [1.82, 2.24) is 9.97 Å². The molecule has 1 aromatic carbocycles. The fourth-order valence-corrected chi connectivity index (χ4v) is 1.92. The van der Waals surface area contributed by atoms with E-state index < -0.39 is 0 Å². The molecule has 2 aromatic heterocycles. The van der Waals surface area contributed by atoms with Crippen LogP contribution in [0.25, 0.3) is 22.3 Å². The summed E-state index contributed by atoms with van der Waals surface area (Å²) in [5.74, 6) is 0. The quantitative estimate of drug-likeness (QED) is 0.674. The van der Waals surface area contributed by atoms with Crippen LogP contribution in [0.3, 0.4) is 0 Å². The third-order valence-corrected chi connectivity index (χ3v) is 2.70. The molecule has 0 aliphatic heterocycles. The third-order valence-electron chi connectivity index (χ3n) is 2.70. The van der Waals surface area contributed by atoms with Crippen molar-refractivity contribution in [1.29, 1.82) is 0 Å². The maximum absolute atomic E-state index is 11.0. The van der Waals surface area contributed by atoms with E-state index in [1.165, 1.54) is 0 Å². The van der Waals surface area contributed by atoms with Crippen molar-refractivity contribution < 1.29 is 0 Å². The second-order valence-corrected chi connectivity index (χ2v) is 3.71. The molecule has 3 aromatic rings. The monoisotopic (exact) mass is 223 g/mol. The largest absolute Gasteiger partial charge is 0.337 e. The second kappa shape index (κ2) is 3.83. The Hall–Kier alpha value is -2.49. The first-order valence-corrected chi connectivity index (χ1v) is 5.25. The Kier molecular flexibility index (Phi) is 2.19. The molecule has 0 bridgehead atoms. The topological polar surface area (TPSA) is 58.1 Å². The summed E-state index contributed by atoms with van der Waals surface area (Å²) in [5, 5.41) is 3.87. The van der Waals surface area contributed by atoms with Crippen LogP contribution < -0.4 is 0 Å². The van der Waals surface area contributed by atoms with Crippen molar-refractivity contribution in [2.75, 3.05) is 0 Å². The van der Waals surface area contributed by atoms with Crippen LogP contribution in [0.2, 0.25) is 0 Å². The Morgan fingerprint density at radius 2 is 1.88 bits per heavy atom. The molecule has 0 saturated heterocycles. The number of nitroso groups, excluding NO2 is 1. The summed E-state index contributed by atoms with van der Waals surface area (Å²) in [6.45, 7) is 0. The molecular formula is C13H9N3O. The molecule has 0 fully saturated rings. The molecule has 0 radical (unpaired) electrons. The Balaban J connectivity index is 2.33. The highest BCUT2D eigenvalue weighted by molar-refractivity contribution is 5.97. The van der Waals surface area contributed by atoms with E-state index in [2.05, 4.69) is 15.1 Å². The molecule has 17 heavy (non-hydrogen) atoms. The molecule has 4 heteroatoms. The summed E-state index contributed by atoms with van der Waals surface area (Å²) in [5.41, 5.74) is 2.75. The smallest absolute Gasteiger partial charge is 0.143 e. The number of aromatic nitrogens is 2. The summed E-state index contributed by atoms with van der Waals surface area (Å²) < 4.78 is 0. The lowest BCUT2D eigenvalue weighted by Crippen LogP contribution is -1.76. The number of hydrogen-bond acceptors (Lipinski definition) is 3. The normalized spacial score (nSPS) is 10.6. The van der Waals surface area contributed by atoms with Crippen LogP contribution in [-0.4, -0.2) is 9.97 Å². The lowest BCUT2D eigenvalue weighted by molar-refractivity contribution is 1.32. The molecule has 1 N–H and O–H groups in total. The summed E-state index contributed by atoms with van der Waals surface area (Å²) >= 11 is 0. The van der Waals surface area contributed by atoms with Crippen LogP contribution in [0, 0.1) is 4.91 Å². The van der Waals surface area contributed by atoms with Crippen LogP contribution in [0.4, 0.5) is 5.69 Å². The molecule has 2 heterocycles. The van der Waals surface area contributed by atoms with Gasteiger partial charge in [-0.1, -0.05) is 30.3 Å². The van der Waals surface area contributed by atoms with Crippen molar-refractivity contribution >= 4 is 16.7 Å². The van der Waals surface area contributed by atoms with E-state index >= 15 is 0 Å². The van der Waals surface area contributed by atoms with E-state index in [0.717, 1.165) is 10.9 Å². The Morgan fingerprint density at radius 3 is 2.65 bits per heavy atom. The van der Waals surface area contributed by atoms with Gasteiger partial charge in [0.1, 0.15) is 11.3 Å². The SMILES string of the molecule is O=Nc1c(-c2ccccc2)[nH]c2ncccc12. The number of nitrogens with zero attached hydrogens (tertiary/aromatic N) is 2. The van der Waals surface area contributed by atoms with Crippen LogP contribution >= 0.6 is 0 Å². The van der Waals surface area contributed by atoms with Gasteiger partial charge >= 0.3 is 0 Å². The number of rotatable bonds is 2. The predicted octanol–water partition coefficient (Wildman–Crippen LogP) is 3.63. The minimum atomic E-state index is 0.416. The molecule has 0 spiro atoms. The summed E-state index contributed by atoms with van der Waals surface area (Å²) in [6.07, 6.45) is 1.68.